The van der Waals surface area contributed by atoms with Gasteiger partial charge in [-0.05, 0) is 94.8 Å². The number of carbonyl (C=O) groups excluding carboxylic acids is 13. The maximum Gasteiger partial charge on any atom is 0.327 e. The molecule has 2 aliphatic rings. The van der Waals surface area contributed by atoms with Crippen LogP contribution in [-0.2, 0) is 86.4 Å². The predicted octanol–water partition coefficient (Wildman–Crippen LogP) is -2.19. The van der Waals surface area contributed by atoms with Crippen LogP contribution in [0.4, 0.5) is 0 Å². The van der Waals surface area contributed by atoms with Crippen LogP contribution in [0.5, 0.6) is 0 Å². The highest BCUT2D eigenvalue weighted by atomic mass is 35.5. The summed E-state index contributed by atoms with van der Waals surface area (Å²) in [5.41, 5.74) is 14.5. The number of rotatable bonds is 26. The summed E-state index contributed by atoms with van der Waals surface area (Å²) >= 11 is 6.20. The fourth-order valence-corrected chi connectivity index (χ4v) is 12.2. The number of halogens is 1. The molecule has 5 aromatic carbocycles. The van der Waals surface area contributed by atoms with Gasteiger partial charge in [0.05, 0.1) is 19.4 Å². The van der Waals surface area contributed by atoms with E-state index >= 15 is 19.2 Å². The molecule has 0 saturated carbocycles. The first-order valence-electron chi connectivity index (χ1n) is 34.3. The average Bonchev–Trinajstić information content (AvgIpc) is 1.79. The van der Waals surface area contributed by atoms with Crippen molar-refractivity contribution in [2.45, 2.75) is 152 Å². The van der Waals surface area contributed by atoms with Crippen LogP contribution < -0.4 is 86.5 Å². The number of amides is 13. The van der Waals surface area contributed by atoms with Crippen LogP contribution in [0.2, 0.25) is 5.02 Å². The van der Waals surface area contributed by atoms with Crippen molar-refractivity contribution in [1.29, 1.82) is 5.41 Å². The van der Waals surface area contributed by atoms with Crippen LogP contribution in [0.15, 0.2) is 109 Å². The molecule has 0 radical (unpaired) electrons. The zero-order valence-corrected chi connectivity index (χ0v) is 59.0. The lowest BCUT2D eigenvalue weighted by atomic mass is 9.98. The quantitative estimate of drug-likeness (QED) is 0.00698. The number of hydrogen-bond donors (Lipinski definition) is 18. The van der Waals surface area contributed by atoms with E-state index in [-0.39, 0.29) is 69.9 Å². The number of carboxylic acid groups (broad SMARTS) is 1. The molecule has 7 rings (SSSR count). The first-order valence-corrected chi connectivity index (χ1v) is 34.7. The summed E-state index contributed by atoms with van der Waals surface area (Å²) in [5, 5.41) is 51.7. The molecule has 0 spiro atoms. The lowest BCUT2D eigenvalue weighted by Gasteiger charge is -2.31. The molecule has 2 aliphatic heterocycles. The number of guanidine groups is 1. The number of hydrogen-bond acceptors (Lipinski definition) is 17. The highest BCUT2D eigenvalue weighted by Gasteiger charge is 2.41. The van der Waals surface area contributed by atoms with Gasteiger partial charge in [-0.25, -0.2) is 10.6 Å². The van der Waals surface area contributed by atoms with Gasteiger partial charge in [-0.3, -0.25) is 73.2 Å². The second-order valence-electron chi connectivity index (χ2n) is 26.1. The summed E-state index contributed by atoms with van der Waals surface area (Å²) in [5.74, 6) is -8.71. The van der Waals surface area contributed by atoms with Crippen molar-refractivity contribution in [3.63, 3.8) is 0 Å². The second-order valence-corrected chi connectivity index (χ2v) is 26.5. The largest absolute Gasteiger partial charge is 0.480 e. The number of aliphatic carboxylic acids is 1. The number of nitrogens with zero attached hydrogens (tertiary/aromatic N) is 1. The molecule has 2 heterocycles. The van der Waals surface area contributed by atoms with Crippen molar-refractivity contribution in [3.05, 3.63) is 131 Å². The summed E-state index contributed by atoms with van der Waals surface area (Å²) in [6, 6.07) is 15.6. The normalized spacial score (nSPS) is 19.7. The van der Waals surface area contributed by atoms with Gasteiger partial charge in [-0.15, -0.1) is 0 Å². The first kappa shape index (κ1) is 81.0. The van der Waals surface area contributed by atoms with Gasteiger partial charge in [0.25, 0.3) is 0 Å². The number of nitrogens with two attached hydrogens (primary N) is 3. The van der Waals surface area contributed by atoms with Crippen LogP contribution in [0.1, 0.15) is 88.8 Å². The first-order chi connectivity index (χ1) is 50.1. The molecule has 33 nitrogen and oxygen atoms in total. The van der Waals surface area contributed by atoms with E-state index < -0.39 is 182 Å². The van der Waals surface area contributed by atoms with E-state index in [0.717, 1.165) is 28.5 Å². The van der Waals surface area contributed by atoms with E-state index in [2.05, 4.69) is 63.8 Å². The Balaban J connectivity index is 1.24. The molecule has 10 atom stereocenters. The second kappa shape index (κ2) is 39.4. The van der Waals surface area contributed by atoms with Gasteiger partial charge in [-0.2, -0.15) is 0 Å². The van der Waals surface area contributed by atoms with E-state index in [1.54, 1.807) is 74.5 Å². The molecule has 2 saturated heterocycles. The van der Waals surface area contributed by atoms with E-state index in [9.17, 15) is 53.1 Å². The lowest BCUT2D eigenvalue weighted by molar-refractivity contribution is -0.145. The molecule has 562 valence electrons. The summed E-state index contributed by atoms with van der Waals surface area (Å²) < 4.78 is 0. The average molecular weight is 1470 g/mol. The van der Waals surface area contributed by atoms with Crippen molar-refractivity contribution < 1.29 is 72.2 Å². The summed E-state index contributed by atoms with van der Waals surface area (Å²) in [4.78, 5) is 199. The van der Waals surface area contributed by atoms with Gasteiger partial charge in [0.1, 0.15) is 60.4 Å². The van der Waals surface area contributed by atoms with E-state index in [0.29, 0.717) is 28.1 Å². The van der Waals surface area contributed by atoms with Gasteiger partial charge in [0.2, 0.25) is 76.8 Å². The number of fused-ring (bicyclic) bond motifs is 2. The van der Waals surface area contributed by atoms with Crippen molar-refractivity contribution in [2.24, 2.45) is 23.2 Å². The van der Waals surface area contributed by atoms with Crippen molar-refractivity contribution >= 4 is 122 Å². The molecule has 0 unspecified atom stereocenters. The Morgan fingerprint density at radius 3 is 1.82 bits per heavy atom. The maximum atomic E-state index is 15.3. The third-order valence-electron chi connectivity index (χ3n) is 17.5. The Morgan fingerprint density at radius 1 is 0.648 bits per heavy atom. The fourth-order valence-electron chi connectivity index (χ4n) is 12.1. The highest BCUT2D eigenvalue weighted by molar-refractivity contribution is 6.30. The standard InChI is InChI=1S/C71H91ClN18O15/c1-38(2)28-50(62(96)82-49(14-8-25-78-71(74)75)69(103)90-27-9-15-57(90)68(102)88-56(36-73)70(104)105)83-64(98)52(32-41-16-20-43-10-4-6-12-45(43)29-41)84-61(95)48-24-26-77-60(94)37-79-58(92)34-54(80-39(3)91)66(100)85-51(31-40-18-22-47(72)23-19-40)63(97)86-53(33-42-17-21-44-11-5-7-13-46(44)30-42)65(99)87-55(67(101)81-48)35-59(93)89-76/h4-7,10-13,16-23,29-30,38,48-57H,8-9,14-15,24-28,31-37,73,76H2,1-3H3,(H,77,94)(H,79,92)(H,80,91)(H,81,101)(H,82,96)(H,83,98)(H,84,95)(H,85,100)(H,86,97)(H,87,99)(H,88,102)(H,89,93)(H,104,105)(H4,74,75,78)/t48-,49-,50-,51+,52+,53+,54-,55-,56-,57-/m0/s1. The molecule has 13 amide bonds. The molecule has 105 heavy (non-hydrogen) atoms. The molecular formula is C71H91ClN18O15. The van der Waals surface area contributed by atoms with Crippen LogP contribution in [-0.4, -0.2) is 192 Å². The van der Waals surface area contributed by atoms with Crippen molar-refractivity contribution in [1.82, 2.24) is 74.1 Å². The van der Waals surface area contributed by atoms with E-state index in [4.69, 9.17) is 34.3 Å². The SMILES string of the molecule is CC(=O)N[C@H]1CC(=O)NCC(=O)NCC[C@@H](C(=O)N[C@H](Cc2ccc3ccccc3c2)C(=O)N[C@@H](CC(C)C)C(=O)N[C@@H](CCCNC(=N)N)C(=O)N2CCC[C@H]2C(=O)N[C@@H](CN)C(=O)O)NC(=O)[C@H](CC(=O)NN)NC(=O)[C@@H](Cc2ccc3ccccc3c2)NC(=O)[C@@H](Cc2ccc(Cl)cc2)NC1=O. The van der Waals surface area contributed by atoms with Gasteiger partial charge in [-0.1, -0.05) is 123 Å². The summed E-state index contributed by atoms with van der Waals surface area (Å²) in [6.45, 7) is 3.09. The van der Waals surface area contributed by atoms with Crippen molar-refractivity contribution in [2.75, 3.05) is 32.7 Å². The van der Waals surface area contributed by atoms with Crippen molar-refractivity contribution in [3.8, 4) is 0 Å². The molecule has 0 aromatic heterocycles. The monoisotopic (exact) mass is 1470 g/mol. The lowest BCUT2D eigenvalue weighted by Crippen LogP contribution is -2.61. The maximum absolute atomic E-state index is 15.3. The topological polar surface area (TPSA) is 521 Å². The van der Waals surface area contributed by atoms with Crippen LogP contribution in [0, 0.1) is 11.3 Å². The molecule has 0 aliphatic carbocycles. The van der Waals surface area contributed by atoms with Crippen LogP contribution in [0.3, 0.4) is 0 Å². The predicted molar refractivity (Wildman–Crippen MR) is 386 cm³/mol. The number of benzene rings is 5. The third-order valence-corrected chi connectivity index (χ3v) is 17.7. The molecule has 2 fully saturated rings. The minimum Gasteiger partial charge on any atom is -0.480 e. The number of carboxylic acids is 1. The molecular weight excluding hydrogens is 1380 g/mol. The summed E-state index contributed by atoms with van der Waals surface area (Å²) in [6.07, 6.45) is -2.49. The molecule has 34 heteroatoms. The minimum absolute atomic E-state index is 0.0485. The fraction of sp³-hybridized carbons (Fsp3) is 0.423. The zero-order valence-electron chi connectivity index (χ0n) is 58.3. The number of nitrogens with one attached hydrogen (secondary N) is 14. The Bertz CT molecular complexity index is 4030. The smallest absolute Gasteiger partial charge is 0.327 e. The highest BCUT2D eigenvalue weighted by Crippen LogP contribution is 2.23. The van der Waals surface area contributed by atoms with Gasteiger partial charge in [0.15, 0.2) is 5.96 Å². The van der Waals surface area contributed by atoms with Crippen LogP contribution >= 0.6 is 11.6 Å². The Hall–Kier alpha value is -11.3. The number of likely N-dealkylation sites (tertiary alicyclic amines) is 1. The molecule has 21 N–H and O–H groups in total. The number of carbonyl (C=O) groups is 14. The molecule has 5 aromatic rings. The van der Waals surface area contributed by atoms with Gasteiger partial charge in [0, 0.05) is 57.4 Å². The Morgan fingerprint density at radius 2 is 1.21 bits per heavy atom. The molecule has 0 bridgehead atoms. The Kier molecular flexibility index (Phi) is 30.4. The minimum atomic E-state index is -1.92. The third kappa shape index (κ3) is 25.0. The van der Waals surface area contributed by atoms with Gasteiger partial charge < -0.3 is 85.3 Å². The van der Waals surface area contributed by atoms with Gasteiger partial charge >= 0.3 is 5.97 Å². The van der Waals surface area contributed by atoms with Crippen LogP contribution in [0.25, 0.3) is 21.5 Å². The number of hydrazine groups is 1. The zero-order chi connectivity index (χ0) is 76.4. The van der Waals surface area contributed by atoms with E-state index in [1.165, 1.54) is 17.0 Å². The van der Waals surface area contributed by atoms with E-state index in [1.807, 2.05) is 41.8 Å². The Labute approximate surface area is 609 Å². The summed E-state index contributed by atoms with van der Waals surface area (Å²) in [7, 11) is 0.